The number of sulfonamides is 1. The highest BCUT2D eigenvalue weighted by atomic mass is 79.9. The van der Waals surface area contributed by atoms with Crippen molar-refractivity contribution in [2.75, 3.05) is 10.0 Å². The Labute approximate surface area is 166 Å². The Morgan fingerprint density at radius 2 is 1.77 bits per heavy atom. The molecule has 0 saturated heterocycles. The number of carbonyl (C=O) groups is 1. The van der Waals surface area contributed by atoms with E-state index in [4.69, 9.17) is 11.6 Å². The van der Waals surface area contributed by atoms with Crippen molar-refractivity contribution in [2.45, 2.75) is 4.34 Å². The van der Waals surface area contributed by atoms with Gasteiger partial charge in [-0.05, 0) is 40.2 Å². The Hall–Kier alpha value is -2.01. The van der Waals surface area contributed by atoms with Gasteiger partial charge in [0.05, 0.1) is 16.3 Å². The first-order chi connectivity index (χ1) is 12.4. The number of amides is 1. The van der Waals surface area contributed by atoms with E-state index >= 15 is 0 Å². The molecule has 0 aliphatic rings. The van der Waals surface area contributed by atoms with Gasteiger partial charge in [0.25, 0.3) is 20.3 Å². The molecule has 2 N–H and O–H groups in total. The molecule has 1 amide bonds. The fourth-order valence-electron chi connectivity index (χ4n) is 1.91. The lowest BCUT2D eigenvalue weighted by atomic mass is 10.2. The first kappa shape index (κ1) is 18.8. The van der Waals surface area contributed by atoms with Crippen LogP contribution in [0.3, 0.4) is 0 Å². The normalized spacial score (nSPS) is 11.2. The first-order valence-corrected chi connectivity index (χ1v) is 10.5. The van der Waals surface area contributed by atoms with Crippen molar-refractivity contribution < 1.29 is 13.2 Å². The molecule has 0 fully saturated rings. The summed E-state index contributed by atoms with van der Waals surface area (Å²) in [5.41, 5.74) is 0.615. The maximum atomic E-state index is 12.4. The molecule has 1 heterocycles. The monoisotopic (exact) mass is 472 g/mol. The number of carbonyl (C=O) groups excluding carboxylic acids is 1. The number of benzene rings is 2. The topological polar surface area (TPSA) is 101 Å². The highest BCUT2D eigenvalue weighted by Gasteiger charge is 2.22. The number of rotatable bonds is 5. The Morgan fingerprint density at radius 3 is 2.50 bits per heavy atom. The average molecular weight is 474 g/mol. The number of nitrogens with zero attached hydrogens (tertiary/aromatic N) is 2. The highest BCUT2D eigenvalue weighted by Crippen LogP contribution is 2.27. The van der Waals surface area contributed by atoms with Crippen LogP contribution in [0, 0.1) is 0 Å². The molecule has 0 saturated carbocycles. The van der Waals surface area contributed by atoms with Crippen LogP contribution in [0.25, 0.3) is 0 Å². The van der Waals surface area contributed by atoms with Crippen LogP contribution in [-0.4, -0.2) is 24.5 Å². The number of hydrogen-bond donors (Lipinski definition) is 2. The number of anilines is 2. The smallest absolute Gasteiger partial charge is 0.291 e. The van der Waals surface area contributed by atoms with E-state index in [0.29, 0.717) is 10.2 Å². The molecule has 0 aliphatic carbocycles. The molecule has 2 aromatic carbocycles. The van der Waals surface area contributed by atoms with E-state index in [1.54, 1.807) is 48.5 Å². The third-order valence-electron chi connectivity index (χ3n) is 3.09. The van der Waals surface area contributed by atoms with Gasteiger partial charge < -0.3 is 0 Å². The summed E-state index contributed by atoms with van der Waals surface area (Å²) >= 11 is 9.96. The minimum Gasteiger partial charge on any atom is -0.296 e. The van der Waals surface area contributed by atoms with Crippen LogP contribution in [0.1, 0.15) is 10.4 Å². The minimum absolute atomic E-state index is 0.0439. The molecule has 26 heavy (non-hydrogen) atoms. The van der Waals surface area contributed by atoms with E-state index in [-0.39, 0.29) is 20.1 Å². The molecule has 7 nitrogen and oxygen atoms in total. The lowest BCUT2D eigenvalue weighted by Crippen LogP contribution is -2.13. The largest absolute Gasteiger partial charge is 0.296 e. The molecule has 1 aromatic heterocycles. The summed E-state index contributed by atoms with van der Waals surface area (Å²) in [6.45, 7) is 0. The van der Waals surface area contributed by atoms with E-state index in [1.165, 1.54) is 0 Å². The van der Waals surface area contributed by atoms with Gasteiger partial charge in [0.1, 0.15) is 0 Å². The van der Waals surface area contributed by atoms with Crippen molar-refractivity contribution in [3.05, 3.63) is 63.6 Å². The van der Waals surface area contributed by atoms with Crippen LogP contribution in [0.15, 0.2) is 57.3 Å². The van der Waals surface area contributed by atoms with Crippen molar-refractivity contribution in [3.63, 3.8) is 0 Å². The van der Waals surface area contributed by atoms with E-state index in [2.05, 4.69) is 36.2 Å². The summed E-state index contributed by atoms with van der Waals surface area (Å²) in [6, 6.07) is 13.2. The Bertz CT molecular complexity index is 1070. The second-order valence-corrected chi connectivity index (χ2v) is 8.99. The highest BCUT2D eigenvalue weighted by molar-refractivity contribution is 9.10. The third-order valence-corrected chi connectivity index (χ3v) is 6.69. The second kappa shape index (κ2) is 7.70. The standard InChI is InChI=1S/C15H10BrClN4O3S2/c16-10-6-2-4-8-12(10)21-26(23,24)15-20-19-14(25-15)18-13(22)9-5-1-3-7-11(9)17/h1-8,21H,(H,18,19,22). The van der Waals surface area contributed by atoms with Crippen LogP contribution in [0.4, 0.5) is 10.8 Å². The zero-order chi connectivity index (χ0) is 18.7. The molecule has 0 unspecified atom stereocenters. The van der Waals surface area contributed by atoms with Gasteiger partial charge >= 0.3 is 0 Å². The summed E-state index contributed by atoms with van der Waals surface area (Å²) in [5.74, 6) is -0.505. The molecular weight excluding hydrogens is 464 g/mol. The Morgan fingerprint density at radius 1 is 1.08 bits per heavy atom. The lowest BCUT2D eigenvalue weighted by Gasteiger charge is -2.06. The zero-order valence-corrected chi connectivity index (χ0v) is 16.8. The quantitative estimate of drug-likeness (QED) is 0.545. The van der Waals surface area contributed by atoms with Crippen molar-refractivity contribution in [3.8, 4) is 0 Å². The van der Waals surface area contributed by atoms with Crippen LogP contribution in [-0.2, 0) is 10.0 Å². The molecule has 3 aromatic rings. The maximum Gasteiger partial charge on any atom is 0.291 e. The molecule has 0 atom stereocenters. The molecular formula is C15H10BrClN4O3S2. The van der Waals surface area contributed by atoms with Gasteiger partial charge in [-0.25, -0.2) is 0 Å². The number of para-hydroxylation sites is 1. The second-order valence-electron chi connectivity index (χ2n) is 4.89. The lowest BCUT2D eigenvalue weighted by molar-refractivity contribution is 0.102. The third kappa shape index (κ3) is 4.21. The maximum absolute atomic E-state index is 12.4. The fourth-order valence-corrected chi connectivity index (χ4v) is 4.62. The van der Waals surface area contributed by atoms with Crippen LogP contribution >= 0.6 is 38.9 Å². The van der Waals surface area contributed by atoms with Crippen molar-refractivity contribution in [1.29, 1.82) is 0 Å². The number of aromatic nitrogens is 2. The van der Waals surface area contributed by atoms with Gasteiger partial charge in [-0.15, -0.1) is 10.2 Å². The molecule has 3 rings (SSSR count). The van der Waals surface area contributed by atoms with Crippen molar-refractivity contribution in [2.24, 2.45) is 0 Å². The Kier molecular flexibility index (Phi) is 5.56. The molecule has 0 aliphatic heterocycles. The predicted molar refractivity (Wildman–Crippen MR) is 104 cm³/mol. The van der Waals surface area contributed by atoms with Gasteiger partial charge in [0, 0.05) is 4.47 Å². The molecule has 0 spiro atoms. The summed E-state index contributed by atoms with van der Waals surface area (Å²) in [7, 11) is -3.94. The van der Waals surface area contributed by atoms with Crippen molar-refractivity contribution >= 4 is 65.6 Å². The van der Waals surface area contributed by atoms with Gasteiger partial charge in [-0.3, -0.25) is 14.8 Å². The predicted octanol–water partition coefficient (Wildman–Crippen LogP) is 4.01. The van der Waals surface area contributed by atoms with Crippen LogP contribution < -0.4 is 10.0 Å². The van der Waals surface area contributed by atoms with E-state index < -0.39 is 15.9 Å². The van der Waals surface area contributed by atoms with E-state index in [0.717, 1.165) is 11.3 Å². The summed E-state index contributed by atoms with van der Waals surface area (Å²) in [6.07, 6.45) is 0. The number of hydrogen-bond acceptors (Lipinski definition) is 6. The fraction of sp³-hybridized carbons (Fsp3) is 0. The van der Waals surface area contributed by atoms with Gasteiger partial charge in [0.15, 0.2) is 0 Å². The summed E-state index contributed by atoms with van der Waals surface area (Å²) < 4.78 is 27.6. The summed E-state index contributed by atoms with van der Waals surface area (Å²) in [5, 5.41) is 10.1. The van der Waals surface area contributed by atoms with E-state index in [9.17, 15) is 13.2 Å². The molecule has 134 valence electrons. The zero-order valence-electron chi connectivity index (χ0n) is 12.8. The number of nitrogens with one attached hydrogen (secondary N) is 2. The minimum atomic E-state index is -3.94. The molecule has 0 radical (unpaired) electrons. The van der Waals surface area contributed by atoms with Crippen LogP contribution in [0.5, 0.6) is 0 Å². The van der Waals surface area contributed by atoms with Crippen molar-refractivity contribution in [1.82, 2.24) is 10.2 Å². The van der Waals surface area contributed by atoms with Gasteiger partial charge in [-0.2, -0.15) is 8.42 Å². The number of halogens is 2. The average Bonchev–Trinajstić information content (AvgIpc) is 3.06. The molecule has 11 heteroatoms. The Balaban J connectivity index is 1.78. The SMILES string of the molecule is O=C(Nc1nnc(S(=O)(=O)Nc2ccccc2Br)s1)c1ccccc1Cl. The van der Waals surface area contributed by atoms with Crippen LogP contribution in [0.2, 0.25) is 5.02 Å². The van der Waals surface area contributed by atoms with Gasteiger partial charge in [0.2, 0.25) is 5.13 Å². The molecule has 0 bridgehead atoms. The summed E-state index contributed by atoms with van der Waals surface area (Å²) in [4.78, 5) is 12.2. The first-order valence-electron chi connectivity index (χ1n) is 7.03. The van der Waals surface area contributed by atoms with E-state index in [1.807, 2.05) is 0 Å². The van der Waals surface area contributed by atoms with Gasteiger partial charge in [-0.1, -0.05) is 47.2 Å².